The fraction of sp³-hybridized carbons (Fsp3) is 0.458. The number of pyridine rings is 1. The van der Waals surface area contributed by atoms with Crippen LogP contribution >= 0.6 is 0 Å². The van der Waals surface area contributed by atoms with E-state index in [4.69, 9.17) is 9.84 Å². The van der Waals surface area contributed by atoms with E-state index in [0.717, 1.165) is 50.0 Å². The van der Waals surface area contributed by atoms with E-state index in [1.165, 1.54) is 19.2 Å². The molecule has 3 aromatic rings. The van der Waals surface area contributed by atoms with Crippen LogP contribution in [0, 0.1) is 5.92 Å². The van der Waals surface area contributed by atoms with Crippen LogP contribution in [0.5, 0.6) is 5.75 Å². The lowest BCUT2D eigenvalue weighted by molar-refractivity contribution is -0.912. The Kier molecular flexibility index (Phi) is 5.63. The summed E-state index contributed by atoms with van der Waals surface area (Å²) in [5.74, 6) is 0.0357. The monoisotopic (exact) mass is 473 g/mol. The molecule has 0 radical (unpaired) electrons. The highest BCUT2D eigenvalue weighted by Crippen LogP contribution is 2.49. The minimum absolute atomic E-state index is 0.181. The number of ether oxygens (including phenoxy) is 1. The van der Waals surface area contributed by atoms with Crippen molar-refractivity contribution in [3.63, 3.8) is 0 Å². The second-order valence-electron chi connectivity index (χ2n) is 9.23. The number of nitrogens with one attached hydrogen (secondary N) is 1. The maximum atomic E-state index is 13.1. The highest BCUT2D eigenvalue weighted by Gasteiger charge is 2.45. The quantitative estimate of drug-likeness (QED) is 0.371. The molecule has 0 atom stereocenters. The van der Waals surface area contributed by atoms with Crippen molar-refractivity contribution >= 4 is 22.5 Å². The Morgan fingerprint density at radius 3 is 2.65 bits per heavy atom. The number of hydrogen-bond donors (Lipinski definition) is 3. The molecule has 8 nitrogen and oxygen atoms in total. The van der Waals surface area contributed by atoms with Crippen molar-refractivity contribution in [2.24, 2.45) is 5.92 Å². The van der Waals surface area contributed by atoms with Gasteiger partial charge in [-0.1, -0.05) is 0 Å². The molecule has 0 bridgehead atoms. The number of hydrogen-bond acceptors (Lipinski definition) is 5. The maximum Gasteiger partial charge on any atom is 0.325 e. The van der Waals surface area contributed by atoms with Gasteiger partial charge in [-0.05, 0) is 56.6 Å². The Bertz CT molecular complexity index is 1230. The van der Waals surface area contributed by atoms with Crippen LogP contribution < -0.4 is 14.8 Å². The first-order valence-corrected chi connectivity index (χ1v) is 11.4. The summed E-state index contributed by atoms with van der Waals surface area (Å²) in [7, 11) is 1.46. The number of alkyl halides is 2. The number of carbonyl (C=O) groups excluding carboxylic acids is 1. The predicted octanol–water partition coefficient (Wildman–Crippen LogP) is 4.02. The van der Waals surface area contributed by atoms with E-state index in [1.54, 1.807) is 12.1 Å². The van der Waals surface area contributed by atoms with Crippen LogP contribution in [0.25, 0.3) is 10.9 Å². The molecule has 0 saturated heterocycles. The zero-order valence-corrected chi connectivity index (χ0v) is 18.7. The van der Waals surface area contributed by atoms with Crippen molar-refractivity contribution < 1.29 is 33.4 Å². The largest absolute Gasteiger partial charge is 0.494 e. The third kappa shape index (κ3) is 4.06. The number of aliphatic hydroxyl groups is 1. The van der Waals surface area contributed by atoms with Crippen LogP contribution in [0.3, 0.4) is 0 Å². The molecule has 3 N–H and O–H groups in total. The first kappa shape index (κ1) is 22.5. The van der Waals surface area contributed by atoms with E-state index < -0.39 is 23.6 Å². The van der Waals surface area contributed by atoms with Gasteiger partial charge in [0.05, 0.1) is 30.0 Å². The van der Waals surface area contributed by atoms with Crippen molar-refractivity contribution in [2.75, 3.05) is 12.4 Å². The third-order valence-electron chi connectivity index (χ3n) is 7.07. The molecule has 0 unspecified atom stereocenters. The number of anilines is 1. The van der Waals surface area contributed by atoms with E-state index >= 15 is 0 Å². The van der Waals surface area contributed by atoms with Gasteiger partial charge in [0.25, 0.3) is 0 Å². The van der Waals surface area contributed by atoms with Gasteiger partial charge in [-0.3, -0.25) is 14.7 Å². The molecular formula is C24H27F2N4O4+. The smallest absolute Gasteiger partial charge is 0.325 e. The van der Waals surface area contributed by atoms with Gasteiger partial charge in [0.15, 0.2) is 0 Å². The summed E-state index contributed by atoms with van der Waals surface area (Å²) in [5.41, 5.74) is -0.531. The molecule has 2 saturated carbocycles. The van der Waals surface area contributed by atoms with Gasteiger partial charge in [-0.15, -0.1) is 0 Å². The molecule has 0 spiro atoms. The van der Waals surface area contributed by atoms with E-state index in [0.29, 0.717) is 22.9 Å². The fourth-order valence-corrected chi connectivity index (χ4v) is 4.96. The predicted molar refractivity (Wildman–Crippen MR) is 118 cm³/mol. The van der Waals surface area contributed by atoms with Gasteiger partial charge in [0.2, 0.25) is 0 Å². The lowest BCUT2D eigenvalue weighted by Crippen LogP contribution is -2.43. The molecule has 2 aliphatic carbocycles. The molecule has 5 rings (SSSR count). The number of carbonyl (C=O) groups is 1. The van der Waals surface area contributed by atoms with Crippen LogP contribution in [0.15, 0.2) is 36.5 Å². The van der Waals surface area contributed by atoms with Gasteiger partial charge >= 0.3 is 23.7 Å². The molecule has 180 valence electrons. The van der Waals surface area contributed by atoms with Gasteiger partial charge < -0.3 is 15.2 Å². The molecular weight excluding hydrogens is 446 g/mol. The molecule has 2 heterocycles. The molecule has 10 heteroatoms. The van der Waals surface area contributed by atoms with E-state index in [2.05, 4.69) is 5.32 Å². The summed E-state index contributed by atoms with van der Waals surface area (Å²) >= 11 is 0. The summed E-state index contributed by atoms with van der Waals surface area (Å²) in [6.45, 7) is 0. The minimum atomic E-state index is -2.94. The zero-order valence-electron chi connectivity index (χ0n) is 18.7. The summed E-state index contributed by atoms with van der Waals surface area (Å²) in [4.78, 5) is 12.8. The lowest BCUT2D eigenvalue weighted by atomic mass is 9.79. The van der Waals surface area contributed by atoms with Crippen molar-refractivity contribution in [2.45, 2.75) is 56.6 Å². The molecule has 0 aliphatic heterocycles. The Morgan fingerprint density at radius 1 is 1.26 bits per heavy atom. The zero-order chi connectivity index (χ0) is 24.0. The Morgan fingerprint density at radius 2 is 2.00 bits per heavy atom. The van der Waals surface area contributed by atoms with Crippen LogP contribution in [-0.4, -0.2) is 38.7 Å². The minimum Gasteiger partial charge on any atom is -0.494 e. The van der Waals surface area contributed by atoms with Gasteiger partial charge in [-0.2, -0.15) is 13.9 Å². The van der Waals surface area contributed by atoms with E-state index in [1.807, 2.05) is 10.9 Å². The maximum absolute atomic E-state index is 13.1. The molecule has 1 aromatic carbocycles. The standard InChI is InChI=1S/C24H26F2N4O4/c1-34-21-12-17-14(13-29(28-17)16-7-9-24(32,10-8-16)15-5-6-15)11-18(21)27-23(31)20-4-2-3-19(22(25)26)30(20)33/h2-4,11-13,15-16,22,32H,5-10H2,1H3,(H-,27,31,33)/p+1. The summed E-state index contributed by atoms with van der Waals surface area (Å²) in [5, 5.41) is 29.0. The summed E-state index contributed by atoms with van der Waals surface area (Å²) in [6.07, 6.45) is 4.42. The number of halogens is 2. The number of nitrogens with zero attached hydrogens (tertiary/aromatic N) is 3. The third-order valence-corrected chi connectivity index (χ3v) is 7.07. The second kappa shape index (κ2) is 8.50. The molecule has 2 aromatic heterocycles. The molecule has 2 aliphatic rings. The molecule has 2 fully saturated rings. The number of aromatic nitrogens is 3. The summed E-state index contributed by atoms with van der Waals surface area (Å²) in [6, 6.07) is 7.16. The first-order valence-electron chi connectivity index (χ1n) is 11.4. The van der Waals surface area contributed by atoms with Gasteiger partial charge in [0.1, 0.15) is 5.75 Å². The van der Waals surface area contributed by atoms with Crippen molar-refractivity contribution in [1.82, 2.24) is 9.78 Å². The van der Waals surface area contributed by atoms with Crippen LogP contribution in [0.1, 0.15) is 67.2 Å². The SMILES string of the molecule is COc1cc2nn(C3CCC(O)(C4CC4)CC3)cc2cc1NC(=O)c1cccc(C(F)F)[n+]1O. The summed E-state index contributed by atoms with van der Waals surface area (Å²) < 4.78 is 33.7. The average molecular weight is 474 g/mol. The van der Waals surface area contributed by atoms with Crippen LogP contribution in [-0.2, 0) is 0 Å². The van der Waals surface area contributed by atoms with Crippen molar-refractivity contribution in [3.05, 3.63) is 47.9 Å². The number of rotatable bonds is 6. The van der Waals surface area contributed by atoms with Crippen molar-refractivity contribution in [3.8, 4) is 5.75 Å². The number of benzene rings is 1. The van der Waals surface area contributed by atoms with Gasteiger partial charge in [0, 0.05) is 34.5 Å². The number of methoxy groups -OCH3 is 1. The van der Waals surface area contributed by atoms with Crippen LogP contribution in [0.2, 0.25) is 0 Å². The molecule has 1 amide bonds. The Balaban J connectivity index is 1.38. The average Bonchev–Trinajstić information content (AvgIpc) is 3.60. The number of amides is 1. The van der Waals surface area contributed by atoms with Gasteiger partial charge in [-0.25, -0.2) is 0 Å². The second-order valence-corrected chi connectivity index (χ2v) is 9.23. The Labute approximate surface area is 194 Å². The fourth-order valence-electron chi connectivity index (χ4n) is 4.96. The Hall–Kier alpha value is -3.27. The van der Waals surface area contributed by atoms with E-state index in [-0.39, 0.29) is 16.5 Å². The highest BCUT2D eigenvalue weighted by molar-refractivity contribution is 6.04. The van der Waals surface area contributed by atoms with E-state index in [9.17, 15) is 23.9 Å². The lowest BCUT2D eigenvalue weighted by Gasteiger charge is -2.36. The van der Waals surface area contributed by atoms with Crippen molar-refractivity contribution in [1.29, 1.82) is 0 Å². The van der Waals surface area contributed by atoms with Crippen LogP contribution in [0.4, 0.5) is 14.5 Å². The number of fused-ring (bicyclic) bond motifs is 1. The molecule has 34 heavy (non-hydrogen) atoms. The first-order chi connectivity index (χ1) is 16.3. The normalized spacial score (nSPS) is 22.8. The topological polar surface area (TPSA) is 100 Å². The highest BCUT2D eigenvalue weighted by atomic mass is 19.3.